The topological polar surface area (TPSA) is 18.8 Å². The summed E-state index contributed by atoms with van der Waals surface area (Å²) in [5.74, 6) is 0. The first-order valence-corrected chi connectivity index (χ1v) is 14.2. The van der Waals surface area contributed by atoms with E-state index in [9.17, 15) is 0 Å². The Morgan fingerprint density at radius 2 is 1.88 bits per heavy atom. The highest BCUT2D eigenvalue weighted by atomic mass is 79.9. The summed E-state index contributed by atoms with van der Waals surface area (Å²) in [4.78, 5) is 9.31. The molecule has 0 heterocycles. The van der Waals surface area contributed by atoms with Crippen LogP contribution >= 0.6 is 15.9 Å². The third-order valence-electron chi connectivity index (χ3n) is 6.93. The predicted octanol–water partition coefficient (Wildman–Crippen LogP) is 7.97. The minimum Gasteiger partial charge on any atom is -0.304 e. The number of hydrogen-bond acceptors (Lipinski definition) is 3. The standard InChI is InChI=1S/C30H50BrN3/c1-8-14-27(23-29(31)9-2)18-19-30-25(5)15-12-17-28(30)24-34(22-20-32-7)26(6)16-13-21-33(10-3)11-4/h9,12,15,17,23,26H,7-8,10-11,13-14,16,18-22,24H2,1-6H3/b27-23+,29-9+. The van der Waals surface area contributed by atoms with Crippen LogP contribution in [0.15, 0.2) is 45.4 Å². The first-order valence-electron chi connectivity index (χ1n) is 13.4. The van der Waals surface area contributed by atoms with Crippen molar-refractivity contribution in [3.05, 3.63) is 57.1 Å². The van der Waals surface area contributed by atoms with Crippen molar-refractivity contribution in [2.75, 3.05) is 32.7 Å². The summed E-state index contributed by atoms with van der Waals surface area (Å²) in [6.45, 7) is 23.5. The molecule has 1 atom stereocenters. The average molecular weight is 533 g/mol. The molecule has 4 heteroatoms. The molecule has 0 fully saturated rings. The lowest BCUT2D eigenvalue weighted by atomic mass is 9.93. The Bertz CT molecular complexity index is 764. The third kappa shape index (κ3) is 11.5. The Hall–Kier alpha value is -1.23. The minimum absolute atomic E-state index is 0.534. The monoisotopic (exact) mass is 531 g/mol. The molecule has 1 unspecified atom stereocenters. The maximum Gasteiger partial charge on any atom is 0.0509 e. The summed E-state index contributed by atoms with van der Waals surface area (Å²) in [6, 6.07) is 7.37. The normalized spacial score (nSPS) is 13.7. The van der Waals surface area contributed by atoms with Gasteiger partial charge in [0.1, 0.15) is 0 Å². The molecule has 0 amide bonds. The fraction of sp³-hybridized carbons (Fsp3) is 0.633. The molecule has 3 nitrogen and oxygen atoms in total. The van der Waals surface area contributed by atoms with Gasteiger partial charge in [0.2, 0.25) is 0 Å². The van der Waals surface area contributed by atoms with Gasteiger partial charge in [-0.15, -0.1) is 0 Å². The second-order valence-electron chi connectivity index (χ2n) is 9.37. The Balaban J connectivity index is 2.98. The fourth-order valence-electron chi connectivity index (χ4n) is 4.63. The molecule has 192 valence electrons. The van der Waals surface area contributed by atoms with Crippen molar-refractivity contribution in [3.8, 4) is 0 Å². The first kappa shape index (κ1) is 30.8. The molecule has 0 aliphatic carbocycles. The number of nitrogens with zero attached hydrogens (tertiary/aromatic N) is 3. The summed E-state index contributed by atoms with van der Waals surface area (Å²) in [6.07, 6.45) is 11.5. The van der Waals surface area contributed by atoms with Crippen LogP contribution < -0.4 is 0 Å². The number of benzene rings is 1. The lowest BCUT2D eigenvalue weighted by Gasteiger charge is -2.30. The number of halogens is 1. The van der Waals surface area contributed by atoms with E-state index in [1.165, 1.54) is 52.6 Å². The van der Waals surface area contributed by atoms with Gasteiger partial charge in [-0.3, -0.25) is 9.89 Å². The van der Waals surface area contributed by atoms with Gasteiger partial charge >= 0.3 is 0 Å². The zero-order valence-corrected chi connectivity index (χ0v) is 24.5. The molecule has 0 saturated carbocycles. The second kappa shape index (κ2) is 18.1. The SMILES string of the molecule is C=NCCN(Cc1cccc(C)c1CC/C(=C/C(Br)=C\C)CCC)C(C)CCCN(CC)CC. The van der Waals surface area contributed by atoms with E-state index in [1.54, 1.807) is 0 Å². The van der Waals surface area contributed by atoms with Gasteiger partial charge in [0.25, 0.3) is 0 Å². The van der Waals surface area contributed by atoms with Gasteiger partial charge < -0.3 is 4.90 Å². The van der Waals surface area contributed by atoms with Crippen molar-refractivity contribution >= 4 is 22.6 Å². The number of aliphatic imine (C=N–C) groups is 1. The first-order chi connectivity index (χ1) is 16.4. The fourth-order valence-corrected chi connectivity index (χ4v) is 4.95. The largest absolute Gasteiger partial charge is 0.304 e. The van der Waals surface area contributed by atoms with Crippen molar-refractivity contribution < 1.29 is 0 Å². The molecule has 0 aliphatic rings. The van der Waals surface area contributed by atoms with Gasteiger partial charge in [0, 0.05) is 23.6 Å². The van der Waals surface area contributed by atoms with Gasteiger partial charge in [-0.25, -0.2) is 0 Å². The highest BCUT2D eigenvalue weighted by Gasteiger charge is 2.17. The molecule has 0 spiro atoms. The van der Waals surface area contributed by atoms with Crippen LogP contribution in [0.5, 0.6) is 0 Å². The Morgan fingerprint density at radius 3 is 2.50 bits per heavy atom. The highest BCUT2D eigenvalue weighted by Crippen LogP contribution is 2.24. The van der Waals surface area contributed by atoms with Crippen molar-refractivity contribution in [1.82, 2.24) is 9.80 Å². The molecular weight excluding hydrogens is 482 g/mol. The van der Waals surface area contributed by atoms with Crippen molar-refractivity contribution in [2.24, 2.45) is 4.99 Å². The van der Waals surface area contributed by atoms with E-state index in [-0.39, 0.29) is 0 Å². The molecule has 1 aromatic carbocycles. The maximum atomic E-state index is 4.17. The van der Waals surface area contributed by atoms with E-state index < -0.39 is 0 Å². The van der Waals surface area contributed by atoms with E-state index >= 15 is 0 Å². The van der Waals surface area contributed by atoms with Gasteiger partial charge in [-0.05, 0) is 102 Å². The molecule has 1 rings (SSSR count). The van der Waals surface area contributed by atoms with Crippen LogP contribution in [0.3, 0.4) is 0 Å². The quantitative estimate of drug-likeness (QED) is 0.141. The van der Waals surface area contributed by atoms with Crippen molar-refractivity contribution in [3.63, 3.8) is 0 Å². The maximum absolute atomic E-state index is 4.17. The Labute approximate surface area is 219 Å². The third-order valence-corrected chi connectivity index (χ3v) is 7.61. The number of aryl methyl sites for hydroxylation is 1. The number of hydrogen-bond donors (Lipinski definition) is 0. The summed E-state index contributed by atoms with van der Waals surface area (Å²) >= 11 is 3.67. The van der Waals surface area contributed by atoms with Crippen LogP contribution in [-0.4, -0.2) is 55.3 Å². The van der Waals surface area contributed by atoms with Gasteiger partial charge in [-0.1, -0.05) is 73.0 Å². The van der Waals surface area contributed by atoms with Crippen molar-refractivity contribution in [2.45, 2.75) is 92.7 Å². The zero-order valence-electron chi connectivity index (χ0n) is 22.9. The Kier molecular flexibility index (Phi) is 16.4. The summed E-state index contributed by atoms with van der Waals surface area (Å²) in [5.41, 5.74) is 5.93. The molecular formula is C30H50BrN3. The molecule has 34 heavy (non-hydrogen) atoms. The Morgan fingerprint density at radius 1 is 1.15 bits per heavy atom. The summed E-state index contributed by atoms with van der Waals surface area (Å²) < 4.78 is 1.18. The lowest BCUT2D eigenvalue weighted by Crippen LogP contribution is -2.36. The molecule has 0 saturated heterocycles. The van der Waals surface area contributed by atoms with E-state index in [0.717, 1.165) is 52.0 Å². The van der Waals surface area contributed by atoms with Crippen LogP contribution in [0.25, 0.3) is 0 Å². The second-order valence-corrected chi connectivity index (χ2v) is 10.3. The molecule has 0 aromatic heterocycles. The zero-order chi connectivity index (χ0) is 25.3. The van der Waals surface area contributed by atoms with Gasteiger partial charge in [0.05, 0.1) is 6.54 Å². The van der Waals surface area contributed by atoms with E-state index in [2.05, 4.69) is 109 Å². The van der Waals surface area contributed by atoms with Crippen LogP contribution in [0.4, 0.5) is 0 Å². The number of rotatable bonds is 18. The van der Waals surface area contributed by atoms with Crippen LogP contribution in [0.2, 0.25) is 0 Å². The molecule has 1 aromatic rings. The van der Waals surface area contributed by atoms with E-state index in [1.807, 2.05) is 0 Å². The summed E-state index contributed by atoms with van der Waals surface area (Å²) in [7, 11) is 0. The lowest BCUT2D eigenvalue weighted by molar-refractivity contribution is 0.185. The predicted molar refractivity (Wildman–Crippen MR) is 156 cm³/mol. The molecule has 0 N–H and O–H groups in total. The van der Waals surface area contributed by atoms with Gasteiger partial charge in [0.15, 0.2) is 0 Å². The minimum atomic E-state index is 0.534. The van der Waals surface area contributed by atoms with Crippen LogP contribution in [0.1, 0.15) is 83.4 Å². The molecule has 0 bridgehead atoms. The van der Waals surface area contributed by atoms with Crippen molar-refractivity contribution in [1.29, 1.82) is 0 Å². The van der Waals surface area contributed by atoms with Crippen LogP contribution in [0, 0.1) is 6.92 Å². The molecule has 0 aliphatic heterocycles. The molecule has 0 radical (unpaired) electrons. The average Bonchev–Trinajstić information content (AvgIpc) is 2.83. The summed E-state index contributed by atoms with van der Waals surface area (Å²) in [5, 5.41) is 0. The van der Waals surface area contributed by atoms with E-state index in [0.29, 0.717) is 6.04 Å². The highest BCUT2D eigenvalue weighted by molar-refractivity contribution is 9.11. The van der Waals surface area contributed by atoms with Gasteiger partial charge in [-0.2, -0.15) is 0 Å². The smallest absolute Gasteiger partial charge is 0.0509 e. The van der Waals surface area contributed by atoms with E-state index in [4.69, 9.17) is 0 Å². The number of allylic oxidation sites excluding steroid dienone is 4. The van der Waals surface area contributed by atoms with Crippen LogP contribution in [-0.2, 0) is 13.0 Å².